The maximum Gasteiger partial charge on any atom is 0.232 e. The maximum atomic E-state index is 13.0. The van der Waals surface area contributed by atoms with Gasteiger partial charge in [-0.25, -0.2) is 4.98 Å². The van der Waals surface area contributed by atoms with Crippen molar-refractivity contribution in [2.24, 2.45) is 5.73 Å². The summed E-state index contributed by atoms with van der Waals surface area (Å²) in [5, 5.41) is 7.98. The highest BCUT2D eigenvalue weighted by Gasteiger charge is 2.34. The highest BCUT2D eigenvalue weighted by atomic mass is 16.5. The number of hydrogen-bond donors (Lipinski definition) is 2. The number of nitrogens with zero attached hydrogens (tertiary/aromatic N) is 3. The lowest BCUT2D eigenvalue weighted by atomic mass is 10.0. The summed E-state index contributed by atoms with van der Waals surface area (Å²) < 4.78 is 11.7. The molecule has 30 heavy (non-hydrogen) atoms. The Hall–Kier alpha value is -3.23. The van der Waals surface area contributed by atoms with Gasteiger partial charge in [-0.1, -0.05) is 0 Å². The molecule has 8 nitrogen and oxygen atoms in total. The van der Waals surface area contributed by atoms with Crippen molar-refractivity contribution in [1.29, 1.82) is 0 Å². The minimum atomic E-state index is -0.161. The van der Waals surface area contributed by atoms with E-state index in [9.17, 15) is 4.79 Å². The first-order valence-corrected chi connectivity index (χ1v) is 10.1. The summed E-state index contributed by atoms with van der Waals surface area (Å²) in [6.07, 6.45) is 5.55. The molecule has 0 bridgehead atoms. The van der Waals surface area contributed by atoms with Crippen LogP contribution in [0.2, 0.25) is 0 Å². The predicted octanol–water partition coefficient (Wildman–Crippen LogP) is 2.51. The number of methoxy groups -OCH3 is 1. The predicted molar refractivity (Wildman–Crippen MR) is 112 cm³/mol. The number of H-pyrrole nitrogens is 1. The number of benzene rings is 1. The van der Waals surface area contributed by atoms with Crippen LogP contribution in [-0.4, -0.2) is 52.1 Å². The summed E-state index contributed by atoms with van der Waals surface area (Å²) in [5.74, 6) is 1.35. The number of aromatic nitrogens is 3. The van der Waals surface area contributed by atoms with Crippen LogP contribution in [0.1, 0.15) is 34.5 Å². The van der Waals surface area contributed by atoms with Crippen molar-refractivity contribution in [3.63, 3.8) is 0 Å². The van der Waals surface area contributed by atoms with Gasteiger partial charge in [0.15, 0.2) is 11.4 Å². The molecule has 1 atom stereocenters. The van der Waals surface area contributed by atoms with E-state index in [2.05, 4.69) is 20.1 Å². The fourth-order valence-electron chi connectivity index (χ4n) is 4.31. The van der Waals surface area contributed by atoms with E-state index in [1.54, 1.807) is 25.4 Å². The van der Waals surface area contributed by atoms with Crippen molar-refractivity contribution >= 4 is 22.9 Å². The van der Waals surface area contributed by atoms with Crippen molar-refractivity contribution in [1.82, 2.24) is 20.1 Å². The van der Waals surface area contributed by atoms with Crippen molar-refractivity contribution in [3.05, 3.63) is 53.0 Å². The fraction of sp³-hybridized carbons (Fsp3) is 0.318. The second kappa shape index (κ2) is 7.55. The third-order valence-electron chi connectivity index (χ3n) is 5.88. The Labute approximate surface area is 173 Å². The van der Waals surface area contributed by atoms with E-state index < -0.39 is 0 Å². The van der Waals surface area contributed by atoms with Crippen LogP contribution in [0.15, 0.2) is 36.2 Å². The number of ether oxygens (including phenoxy) is 2. The highest BCUT2D eigenvalue weighted by Crippen LogP contribution is 2.41. The maximum absolute atomic E-state index is 13.0. The minimum Gasteiger partial charge on any atom is -0.496 e. The molecule has 1 aromatic carbocycles. The summed E-state index contributed by atoms with van der Waals surface area (Å²) in [6.45, 7) is 2.21. The summed E-state index contributed by atoms with van der Waals surface area (Å²) in [6, 6.07) is 7.66. The first-order valence-electron chi connectivity index (χ1n) is 10.1. The average Bonchev–Trinajstić information content (AvgIpc) is 3.47. The molecule has 2 aromatic heterocycles. The first kappa shape index (κ1) is 18.8. The summed E-state index contributed by atoms with van der Waals surface area (Å²) in [5.41, 5.74) is 8.64. The molecule has 1 unspecified atom stereocenters. The minimum absolute atomic E-state index is 0.161. The number of allylic oxidation sites excluding steroid dienone is 1. The number of nitrogens with two attached hydrogens (primary N) is 1. The van der Waals surface area contributed by atoms with Gasteiger partial charge in [0.2, 0.25) is 5.78 Å². The Morgan fingerprint density at radius 3 is 3.13 bits per heavy atom. The van der Waals surface area contributed by atoms with Gasteiger partial charge in [0, 0.05) is 36.8 Å². The van der Waals surface area contributed by atoms with Gasteiger partial charge in [-0.3, -0.25) is 14.8 Å². The lowest BCUT2D eigenvalue weighted by Gasteiger charge is -2.24. The normalized spacial score (nSPS) is 20.1. The van der Waals surface area contributed by atoms with Crippen molar-refractivity contribution in [2.75, 3.05) is 20.2 Å². The molecule has 2 aliphatic rings. The number of pyridine rings is 1. The molecular weight excluding hydrogens is 382 g/mol. The molecule has 154 valence electrons. The number of rotatable bonds is 5. The number of carbonyl (C=O) groups is 1. The number of aromatic amines is 1. The van der Waals surface area contributed by atoms with E-state index in [-0.39, 0.29) is 11.5 Å². The number of carbonyl (C=O) groups excluding carboxylic acids is 1. The molecule has 0 spiro atoms. The fourth-order valence-corrected chi connectivity index (χ4v) is 4.31. The molecule has 5 rings (SSSR count). The Bertz CT molecular complexity index is 1150. The molecule has 1 saturated heterocycles. The summed E-state index contributed by atoms with van der Waals surface area (Å²) in [7, 11) is 1.63. The van der Waals surface area contributed by atoms with E-state index in [0.717, 1.165) is 30.3 Å². The van der Waals surface area contributed by atoms with E-state index in [1.165, 1.54) is 0 Å². The molecular formula is C22H23N5O3. The SMILES string of the molecule is COc1ccc2c(c1CN1CCCC1CN)O/C(=C\c1n[nH]c3ncccc13)C2=O. The number of likely N-dealkylation sites (tertiary alicyclic amines) is 1. The molecule has 0 saturated carbocycles. The number of fused-ring (bicyclic) bond motifs is 2. The molecule has 4 heterocycles. The van der Waals surface area contributed by atoms with Crippen LogP contribution in [0.3, 0.4) is 0 Å². The first-order chi connectivity index (χ1) is 14.7. The van der Waals surface area contributed by atoms with Crippen LogP contribution >= 0.6 is 0 Å². The van der Waals surface area contributed by atoms with Crippen LogP contribution in [-0.2, 0) is 6.54 Å². The average molecular weight is 405 g/mol. The number of nitrogens with one attached hydrogen (secondary N) is 1. The molecule has 2 aliphatic heterocycles. The summed E-state index contributed by atoms with van der Waals surface area (Å²) in [4.78, 5) is 19.6. The topological polar surface area (TPSA) is 106 Å². The van der Waals surface area contributed by atoms with E-state index in [0.29, 0.717) is 47.5 Å². The Morgan fingerprint density at radius 2 is 2.30 bits per heavy atom. The zero-order chi connectivity index (χ0) is 20.7. The zero-order valence-corrected chi connectivity index (χ0v) is 16.7. The Balaban J connectivity index is 1.52. The highest BCUT2D eigenvalue weighted by molar-refractivity contribution is 6.15. The van der Waals surface area contributed by atoms with Crippen molar-refractivity contribution in [2.45, 2.75) is 25.4 Å². The van der Waals surface area contributed by atoms with Gasteiger partial charge in [-0.2, -0.15) is 5.10 Å². The second-order valence-electron chi connectivity index (χ2n) is 7.57. The lowest BCUT2D eigenvalue weighted by Crippen LogP contribution is -2.35. The Morgan fingerprint density at radius 1 is 1.40 bits per heavy atom. The van der Waals surface area contributed by atoms with Gasteiger partial charge in [0.1, 0.15) is 11.5 Å². The largest absolute Gasteiger partial charge is 0.496 e. The van der Waals surface area contributed by atoms with Gasteiger partial charge in [0.25, 0.3) is 0 Å². The van der Waals surface area contributed by atoms with Crippen LogP contribution in [0, 0.1) is 0 Å². The standard InChI is InChI=1S/C22H23N5O3/c1-29-18-7-6-15-20(28)19(10-17-14-5-2-8-24-22(14)26-25-17)30-21(15)16(18)12-27-9-3-4-13(27)11-23/h2,5-8,10,13H,3-4,9,11-12,23H2,1H3,(H,24,25,26)/b19-10-. The van der Waals surface area contributed by atoms with E-state index in [4.69, 9.17) is 15.2 Å². The molecule has 8 heteroatoms. The van der Waals surface area contributed by atoms with Gasteiger partial charge in [0.05, 0.1) is 23.9 Å². The molecule has 0 radical (unpaired) electrons. The lowest BCUT2D eigenvalue weighted by molar-refractivity contribution is 0.101. The van der Waals surface area contributed by atoms with Crippen LogP contribution in [0.5, 0.6) is 11.5 Å². The van der Waals surface area contributed by atoms with Crippen LogP contribution in [0.4, 0.5) is 0 Å². The smallest absolute Gasteiger partial charge is 0.232 e. The van der Waals surface area contributed by atoms with Gasteiger partial charge >= 0.3 is 0 Å². The molecule has 0 amide bonds. The van der Waals surface area contributed by atoms with Crippen molar-refractivity contribution in [3.8, 4) is 11.5 Å². The van der Waals surface area contributed by atoms with Crippen LogP contribution < -0.4 is 15.2 Å². The third kappa shape index (κ3) is 3.05. The van der Waals surface area contributed by atoms with Gasteiger partial charge in [-0.15, -0.1) is 0 Å². The molecule has 1 fully saturated rings. The molecule has 0 aliphatic carbocycles. The zero-order valence-electron chi connectivity index (χ0n) is 16.7. The number of ketones is 1. The van der Waals surface area contributed by atoms with Gasteiger partial charge < -0.3 is 15.2 Å². The monoisotopic (exact) mass is 405 g/mol. The molecule has 3 aromatic rings. The quantitative estimate of drug-likeness (QED) is 0.628. The van der Waals surface area contributed by atoms with E-state index >= 15 is 0 Å². The van der Waals surface area contributed by atoms with Crippen molar-refractivity contribution < 1.29 is 14.3 Å². The number of Topliss-reactive ketones (excluding diaryl/α,β-unsaturated/α-hetero) is 1. The summed E-state index contributed by atoms with van der Waals surface area (Å²) >= 11 is 0. The van der Waals surface area contributed by atoms with E-state index in [1.807, 2.05) is 18.2 Å². The van der Waals surface area contributed by atoms with Crippen LogP contribution in [0.25, 0.3) is 17.1 Å². The Kier molecular flexibility index (Phi) is 4.72. The van der Waals surface area contributed by atoms with Gasteiger partial charge in [-0.05, 0) is 43.7 Å². The third-order valence-corrected chi connectivity index (χ3v) is 5.88. The number of hydrogen-bond acceptors (Lipinski definition) is 7. The molecule has 3 N–H and O–H groups in total. The second-order valence-corrected chi connectivity index (χ2v) is 7.57.